The average Bonchev–Trinajstić information content (AvgIpc) is 2.98. The predicted molar refractivity (Wildman–Crippen MR) is 108 cm³/mol. The molecule has 0 saturated carbocycles. The molecule has 1 N–H and O–H groups in total. The molecule has 0 amide bonds. The normalized spacial score (nSPS) is 11.2. The van der Waals surface area contributed by atoms with Crippen molar-refractivity contribution >= 4 is 16.7 Å². The largest absolute Gasteiger partial charge is 0.333 e. The van der Waals surface area contributed by atoms with Gasteiger partial charge in [0.2, 0.25) is 0 Å². The monoisotopic (exact) mass is 392 g/mol. The average molecular weight is 392 g/mol. The number of hydrogen-bond donors (Lipinski definition) is 1. The molecular weight excluding hydrogens is 374 g/mol. The van der Waals surface area contributed by atoms with E-state index in [1.807, 2.05) is 25.1 Å². The van der Waals surface area contributed by atoms with Crippen LogP contribution in [0.3, 0.4) is 0 Å². The van der Waals surface area contributed by atoms with Gasteiger partial charge < -0.3 is 9.55 Å². The molecule has 0 fully saturated rings. The Labute approximate surface area is 165 Å². The third-order valence-corrected chi connectivity index (χ3v) is 4.98. The third-order valence-electron chi connectivity index (χ3n) is 4.98. The van der Waals surface area contributed by atoms with Gasteiger partial charge in [0.15, 0.2) is 5.78 Å². The van der Waals surface area contributed by atoms with Crippen molar-refractivity contribution in [2.45, 2.75) is 20.4 Å². The Morgan fingerprint density at radius 3 is 2.62 bits per heavy atom. The Balaban J connectivity index is 2.08. The lowest BCUT2D eigenvalue weighted by molar-refractivity contribution is 0.101. The van der Waals surface area contributed by atoms with E-state index >= 15 is 0 Å². The summed E-state index contributed by atoms with van der Waals surface area (Å²) in [4.78, 5) is 27.8. The number of nitrogens with zero attached hydrogens (tertiary/aromatic N) is 1. The molecule has 0 atom stereocenters. The number of aryl methyl sites for hydroxylation is 1. The molecule has 29 heavy (non-hydrogen) atoms. The van der Waals surface area contributed by atoms with E-state index < -0.39 is 11.6 Å². The lowest BCUT2D eigenvalue weighted by Gasteiger charge is -2.11. The molecule has 0 aliphatic rings. The number of H-pyrrole nitrogens is 1. The minimum atomic E-state index is -0.561. The van der Waals surface area contributed by atoms with E-state index in [1.165, 1.54) is 13.1 Å². The van der Waals surface area contributed by atoms with Crippen molar-refractivity contribution < 1.29 is 13.6 Å². The van der Waals surface area contributed by atoms with Crippen LogP contribution in [0.2, 0.25) is 0 Å². The first-order valence-corrected chi connectivity index (χ1v) is 9.12. The van der Waals surface area contributed by atoms with Gasteiger partial charge in [0.05, 0.1) is 12.2 Å². The second-order valence-corrected chi connectivity index (χ2v) is 7.04. The van der Waals surface area contributed by atoms with Crippen molar-refractivity contribution in [2.75, 3.05) is 0 Å². The molecule has 4 aromatic rings. The Morgan fingerprint density at radius 2 is 1.90 bits per heavy atom. The number of aromatic nitrogens is 2. The Bertz CT molecular complexity index is 1320. The zero-order chi connectivity index (χ0) is 20.7. The van der Waals surface area contributed by atoms with Crippen LogP contribution in [-0.4, -0.2) is 15.3 Å². The molecule has 2 aromatic carbocycles. The second kappa shape index (κ2) is 7.13. The molecule has 0 saturated heterocycles. The highest BCUT2D eigenvalue weighted by atomic mass is 19.1. The quantitative estimate of drug-likeness (QED) is 0.506. The van der Waals surface area contributed by atoms with Crippen LogP contribution in [0.5, 0.6) is 0 Å². The standard InChI is InChI=1S/C23H18F2N2O2/c1-13-5-8-20-18(10-13)21(17-4-3-9-26-23(17)29)22(14(2)28)27(20)12-15-11-16(24)6-7-19(15)25/h3-11H,12H2,1-2H3,(H,26,29). The number of benzene rings is 2. The zero-order valence-electron chi connectivity index (χ0n) is 15.9. The van der Waals surface area contributed by atoms with Crippen molar-refractivity contribution in [3.63, 3.8) is 0 Å². The number of carbonyl (C=O) groups is 1. The van der Waals surface area contributed by atoms with Crippen molar-refractivity contribution in [2.24, 2.45) is 0 Å². The van der Waals surface area contributed by atoms with E-state index in [4.69, 9.17) is 0 Å². The van der Waals surface area contributed by atoms with E-state index in [1.54, 1.807) is 16.7 Å². The molecule has 2 aromatic heterocycles. The SMILES string of the molecule is CC(=O)c1c(-c2ccc[nH]c2=O)c2cc(C)ccc2n1Cc1cc(F)ccc1F. The molecule has 0 unspecified atom stereocenters. The topological polar surface area (TPSA) is 54.9 Å². The number of fused-ring (bicyclic) bond motifs is 1. The van der Waals surface area contributed by atoms with Gasteiger partial charge in [0.25, 0.3) is 5.56 Å². The Hall–Kier alpha value is -3.54. The molecule has 0 radical (unpaired) electrons. The smallest absolute Gasteiger partial charge is 0.255 e. The maximum Gasteiger partial charge on any atom is 0.255 e. The van der Waals surface area contributed by atoms with Gasteiger partial charge in [-0.25, -0.2) is 8.78 Å². The second-order valence-electron chi connectivity index (χ2n) is 7.04. The number of hydrogen-bond acceptors (Lipinski definition) is 2. The maximum atomic E-state index is 14.3. The van der Waals surface area contributed by atoms with Crippen LogP contribution in [0.25, 0.3) is 22.0 Å². The number of aromatic amines is 1. The summed E-state index contributed by atoms with van der Waals surface area (Å²) < 4.78 is 29.7. The van der Waals surface area contributed by atoms with Gasteiger partial charge in [0.1, 0.15) is 11.6 Å². The fourth-order valence-corrected chi connectivity index (χ4v) is 3.72. The highest BCUT2D eigenvalue weighted by Crippen LogP contribution is 2.35. The van der Waals surface area contributed by atoms with Gasteiger partial charge in [-0.05, 0) is 49.4 Å². The number of Topliss-reactive ketones (excluding diaryl/α,β-unsaturated/α-hetero) is 1. The van der Waals surface area contributed by atoms with Gasteiger partial charge in [0, 0.05) is 40.7 Å². The number of rotatable bonds is 4. The van der Waals surface area contributed by atoms with Crippen LogP contribution in [-0.2, 0) is 6.54 Å². The van der Waals surface area contributed by atoms with E-state index in [0.717, 1.165) is 23.8 Å². The minimum absolute atomic E-state index is 0.0389. The lowest BCUT2D eigenvalue weighted by Crippen LogP contribution is -2.13. The van der Waals surface area contributed by atoms with E-state index in [-0.39, 0.29) is 29.1 Å². The highest BCUT2D eigenvalue weighted by molar-refractivity contribution is 6.10. The van der Waals surface area contributed by atoms with Crippen molar-refractivity contribution in [1.29, 1.82) is 0 Å². The van der Waals surface area contributed by atoms with Crippen LogP contribution in [0.15, 0.2) is 59.5 Å². The summed E-state index contributed by atoms with van der Waals surface area (Å²) in [5, 5.41) is 0.712. The van der Waals surface area contributed by atoms with Gasteiger partial charge in [-0.2, -0.15) is 0 Å². The number of halogens is 2. The summed E-state index contributed by atoms with van der Waals surface area (Å²) >= 11 is 0. The number of carbonyl (C=O) groups excluding carboxylic acids is 1. The molecule has 0 bridgehead atoms. The fraction of sp³-hybridized carbons (Fsp3) is 0.130. The third kappa shape index (κ3) is 3.27. The van der Waals surface area contributed by atoms with Gasteiger partial charge in [-0.3, -0.25) is 9.59 Å². The molecule has 6 heteroatoms. The summed E-state index contributed by atoms with van der Waals surface area (Å²) in [5.74, 6) is -1.39. The van der Waals surface area contributed by atoms with Crippen molar-refractivity contribution in [3.8, 4) is 11.1 Å². The maximum absolute atomic E-state index is 14.3. The summed E-state index contributed by atoms with van der Waals surface area (Å²) in [6.07, 6.45) is 1.52. The summed E-state index contributed by atoms with van der Waals surface area (Å²) in [7, 11) is 0. The van der Waals surface area contributed by atoms with Crippen LogP contribution in [0, 0.1) is 18.6 Å². The van der Waals surface area contributed by atoms with Crippen LogP contribution in [0.1, 0.15) is 28.5 Å². The van der Waals surface area contributed by atoms with Gasteiger partial charge in [-0.15, -0.1) is 0 Å². The van der Waals surface area contributed by atoms with E-state index in [9.17, 15) is 18.4 Å². The van der Waals surface area contributed by atoms with Crippen molar-refractivity contribution in [1.82, 2.24) is 9.55 Å². The van der Waals surface area contributed by atoms with Gasteiger partial charge >= 0.3 is 0 Å². The first kappa shape index (κ1) is 18.8. The van der Waals surface area contributed by atoms with E-state index in [0.29, 0.717) is 22.0 Å². The van der Waals surface area contributed by atoms with Crippen LogP contribution >= 0.6 is 0 Å². The fourth-order valence-electron chi connectivity index (χ4n) is 3.72. The molecule has 0 aliphatic carbocycles. The Morgan fingerprint density at radius 1 is 1.10 bits per heavy atom. The number of pyridine rings is 1. The van der Waals surface area contributed by atoms with E-state index in [2.05, 4.69) is 4.98 Å². The molecule has 2 heterocycles. The molecule has 4 rings (SSSR count). The molecule has 0 spiro atoms. The highest BCUT2D eigenvalue weighted by Gasteiger charge is 2.24. The minimum Gasteiger partial charge on any atom is -0.333 e. The number of ketones is 1. The summed E-state index contributed by atoms with van der Waals surface area (Å²) in [6.45, 7) is 3.28. The van der Waals surface area contributed by atoms with Gasteiger partial charge in [-0.1, -0.05) is 11.6 Å². The molecule has 4 nitrogen and oxygen atoms in total. The van der Waals surface area contributed by atoms with Crippen LogP contribution < -0.4 is 5.56 Å². The predicted octanol–water partition coefficient (Wildman–Crippen LogP) is 4.83. The first-order chi connectivity index (χ1) is 13.9. The zero-order valence-corrected chi connectivity index (χ0v) is 15.9. The molecular formula is C23H18F2N2O2. The van der Waals surface area contributed by atoms with Crippen LogP contribution in [0.4, 0.5) is 8.78 Å². The summed E-state index contributed by atoms with van der Waals surface area (Å²) in [6, 6.07) is 12.2. The number of nitrogens with one attached hydrogen (secondary N) is 1. The Kier molecular flexibility index (Phi) is 4.62. The first-order valence-electron chi connectivity index (χ1n) is 9.12. The molecule has 146 valence electrons. The van der Waals surface area contributed by atoms with Crippen molar-refractivity contribution in [3.05, 3.63) is 93.5 Å². The lowest BCUT2D eigenvalue weighted by atomic mass is 10.0. The molecule has 0 aliphatic heterocycles. The summed E-state index contributed by atoms with van der Waals surface area (Å²) in [5.41, 5.74) is 2.55.